The number of hydrogen-bond acceptors (Lipinski definition) is 2. The molecule has 0 N–H and O–H groups in total. The molecular weight excluding hydrogens is 272 g/mol. The maximum absolute atomic E-state index is 11.7. The lowest BCUT2D eigenvalue weighted by atomic mass is 9.48. The zero-order valence-corrected chi connectivity index (χ0v) is 13.7. The van der Waals surface area contributed by atoms with Crippen molar-refractivity contribution in [1.82, 2.24) is 0 Å². The molecule has 0 aliphatic heterocycles. The molecular formula is C20H26O2. The van der Waals surface area contributed by atoms with E-state index in [4.69, 9.17) is 0 Å². The summed E-state index contributed by atoms with van der Waals surface area (Å²) in [4.78, 5) is 23.2. The average molecular weight is 298 g/mol. The summed E-state index contributed by atoms with van der Waals surface area (Å²) in [5, 5.41) is 0. The highest BCUT2D eigenvalue weighted by molar-refractivity contribution is 6.01. The quantitative estimate of drug-likeness (QED) is 0.683. The Bertz CT molecular complexity index is 587. The van der Waals surface area contributed by atoms with Crippen LogP contribution in [-0.2, 0) is 9.59 Å². The smallest absolute Gasteiger partial charge is 0.178 e. The summed E-state index contributed by atoms with van der Waals surface area (Å²) in [6.07, 6.45) is 14.0. The van der Waals surface area contributed by atoms with E-state index in [2.05, 4.69) is 19.9 Å². The standard InChI is InChI=1S/C20H26O2/c1-19-9-7-15(22)11-13(19)3-5-16-17-6-4-14(12-21)20(17,2)10-8-18(16)19/h7,9,11-12,14,16-18H,3-6,8,10H2,1-2H3. The van der Waals surface area contributed by atoms with Crippen molar-refractivity contribution < 1.29 is 9.59 Å². The minimum absolute atomic E-state index is 0.0808. The van der Waals surface area contributed by atoms with Crippen molar-refractivity contribution in [3.05, 3.63) is 23.8 Å². The van der Waals surface area contributed by atoms with Crippen molar-refractivity contribution in [3.8, 4) is 0 Å². The summed E-state index contributed by atoms with van der Waals surface area (Å²) in [5.41, 5.74) is 1.67. The molecule has 6 unspecified atom stereocenters. The van der Waals surface area contributed by atoms with Crippen LogP contribution in [0.3, 0.4) is 0 Å². The molecule has 0 amide bonds. The molecule has 0 heterocycles. The van der Waals surface area contributed by atoms with Gasteiger partial charge in [0.15, 0.2) is 5.78 Å². The van der Waals surface area contributed by atoms with Crippen molar-refractivity contribution in [2.45, 2.75) is 52.4 Å². The zero-order chi connectivity index (χ0) is 15.5. The fraction of sp³-hybridized carbons (Fsp3) is 0.700. The lowest BCUT2D eigenvalue weighted by Gasteiger charge is -2.56. The molecule has 22 heavy (non-hydrogen) atoms. The van der Waals surface area contributed by atoms with Gasteiger partial charge in [0.25, 0.3) is 0 Å². The fourth-order valence-corrected chi connectivity index (χ4v) is 6.46. The molecule has 0 aromatic heterocycles. The zero-order valence-electron chi connectivity index (χ0n) is 13.7. The number of carbonyl (C=O) groups is 2. The van der Waals surface area contributed by atoms with E-state index in [9.17, 15) is 9.59 Å². The number of fused-ring (bicyclic) bond motifs is 5. The lowest BCUT2D eigenvalue weighted by Crippen LogP contribution is -2.49. The van der Waals surface area contributed by atoms with Gasteiger partial charge in [0.05, 0.1) is 0 Å². The second kappa shape index (κ2) is 4.66. The first-order chi connectivity index (χ1) is 10.5. The van der Waals surface area contributed by atoms with Crippen LogP contribution in [0.25, 0.3) is 0 Å². The van der Waals surface area contributed by atoms with Crippen molar-refractivity contribution in [3.63, 3.8) is 0 Å². The SMILES string of the molecule is CC12C=CC(=O)C=C1CCC1C2CCC2(C)C(C=O)CCC12. The molecule has 3 saturated carbocycles. The van der Waals surface area contributed by atoms with Crippen LogP contribution in [0.15, 0.2) is 23.8 Å². The lowest BCUT2D eigenvalue weighted by molar-refractivity contribution is -0.117. The topological polar surface area (TPSA) is 34.1 Å². The van der Waals surface area contributed by atoms with E-state index in [0.717, 1.165) is 18.8 Å². The predicted molar refractivity (Wildman–Crippen MR) is 86.2 cm³/mol. The Kier molecular flexibility index (Phi) is 3.05. The molecule has 0 aromatic carbocycles. The monoisotopic (exact) mass is 298 g/mol. The molecule has 0 radical (unpaired) electrons. The van der Waals surface area contributed by atoms with Gasteiger partial charge in [-0.1, -0.05) is 25.5 Å². The molecule has 0 bridgehead atoms. The minimum atomic E-state index is 0.0808. The summed E-state index contributed by atoms with van der Waals surface area (Å²) in [7, 11) is 0. The summed E-state index contributed by atoms with van der Waals surface area (Å²) in [6, 6.07) is 0. The second-order valence-electron chi connectivity index (χ2n) is 8.47. The van der Waals surface area contributed by atoms with Gasteiger partial charge in [0.2, 0.25) is 0 Å². The number of ketones is 1. The van der Waals surface area contributed by atoms with Crippen LogP contribution in [-0.4, -0.2) is 12.1 Å². The van der Waals surface area contributed by atoms with Crippen LogP contribution in [0.2, 0.25) is 0 Å². The first kappa shape index (κ1) is 14.4. The van der Waals surface area contributed by atoms with Gasteiger partial charge in [-0.05, 0) is 73.8 Å². The molecule has 0 spiro atoms. The van der Waals surface area contributed by atoms with Gasteiger partial charge in [-0.15, -0.1) is 0 Å². The summed E-state index contributed by atoms with van der Waals surface area (Å²) in [6.45, 7) is 4.71. The fourth-order valence-electron chi connectivity index (χ4n) is 6.46. The molecule has 118 valence electrons. The van der Waals surface area contributed by atoms with E-state index in [1.807, 2.05) is 6.08 Å². The average Bonchev–Trinajstić information content (AvgIpc) is 2.84. The van der Waals surface area contributed by atoms with Crippen molar-refractivity contribution in [2.75, 3.05) is 0 Å². The third-order valence-electron chi connectivity index (χ3n) is 7.79. The van der Waals surface area contributed by atoms with Crippen LogP contribution >= 0.6 is 0 Å². The van der Waals surface area contributed by atoms with E-state index >= 15 is 0 Å². The van der Waals surface area contributed by atoms with Gasteiger partial charge in [-0.2, -0.15) is 0 Å². The summed E-state index contributed by atoms with van der Waals surface area (Å²) < 4.78 is 0. The molecule has 6 atom stereocenters. The minimum Gasteiger partial charge on any atom is -0.303 e. The molecule has 4 aliphatic carbocycles. The van der Waals surface area contributed by atoms with Crippen LogP contribution in [0, 0.1) is 34.5 Å². The number of rotatable bonds is 1. The van der Waals surface area contributed by atoms with Crippen molar-refractivity contribution in [1.29, 1.82) is 0 Å². The maximum Gasteiger partial charge on any atom is 0.178 e. The predicted octanol–water partition coefficient (Wildman–Crippen LogP) is 4.11. The highest BCUT2D eigenvalue weighted by Gasteiger charge is 2.58. The van der Waals surface area contributed by atoms with Crippen molar-refractivity contribution in [2.24, 2.45) is 34.5 Å². The third kappa shape index (κ3) is 1.73. The highest BCUT2D eigenvalue weighted by atomic mass is 16.1. The number of hydrogen-bond donors (Lipinski definition) is 0. The Hall–Kier alpha value is -1.18. The third-order valence-corrected chi connectivity index (χ3v) is 7.79. The van der Waals surface area contributed by atoms with Crippen molar-refractivity contribution >= 4 is 12.1 Å². The number of aldehydes is 1. The summed E-state index contributed by atoms with van der Waals surface area (Å²) in [5.74, 6) is 2.51. The molecule has 0 saturated heterocycles. The summed E-state index contributed by atoms with van der Waals surface area (Å²) >= 11 is 0. The Labute approximate surface area is 133 Å². The van der Waals surface area contributed by atoms with E-state index in [0.29, 0.717) is 11.8 Å². The molecule has 0 aromatic rings. The number of carbonyl (C=O) groups excluding carboxylic acids is 2. The van der Waals surface area contributed by atoms with Gasteiger partial charge in [0, 0.05) is 11.3 Å². The van der Waals surface area contributed by atoms with Crippen LogP contribution in [0.4, 0.5) is 0 Å². The number of allylic oxidation sites excluding steroid dienone is 4. The van der Waals surface area contributed by atoms with Gasteiger partial charge < -0.3 is 4.79 Å². The normalized spacial score (nSPS) is 49.9. The van der Waals surface area contributed by atoms with E-state index in [1.54, 1.807) is 6.08 Å². The van der Waals surface area contributed by atoms with E-state index in [-0.39, 0.29) is 22.5 Å². The molecule has 4 rings (SSSR count). The Balaban J connectivity index is 1.69. The molecule has 2 nitrogen and oxygen atoms in total. The first-order valence-electron chi connectivity index (χ1n) is 8.88. The van der Waals surface area contributed by atoms with E-state index < -0.39 is 0 Å². The first-order valence-corrected chi connectivity index (χ1v) is 8.88. The molecule has 4 aliphatic rings. The largest absolute Gasteiger partial charge is 0.303 e. The van der Waals surface area contributed by atoms with Gasteiger partial charge in [-0.25, -0.2) is 0 Å². The Morgan fingerprint density at radius 2 is 1.95 bits per heavy atom. The highest BCUT2D eigenvalue weighted by Crippen LogP contribution is 2.65. The van der Waals surface area contributed by atoms with Crippen LogP contribution in [0.5, 0.6) is 0 Å². The van der Waals surface area contributed by atoms with Gasteiger partial charge in [0.1, 0.15) is 6.29 Å². The molecule has 3 fully saturated rings. The van der Waals surface area contributed by atoms with Gasteiger partial charge in [-0.3, -0.25) is 4.79 Å². The molecule has 2 heteroatoms. The second-order valence-corrected chi connectivity index (χ2v) is 8.47. The van der Waals surface area contributed by atoms with Gasteiger partial charge >= 0.3 is 0 Å². The Morgan fingerprint density at radius 3 is 2.73 bits per heavy atom. The maximum atomic E-state index is 11.7. The van der Waals surface area contributed by atoms with E-state index in [1.165, 1.54) is 37.5 Å². The van der Waals surface area contributed by atoms with Crippen LogP contribution in [0.1, 0.15) is 52.4 Å². The van der Waals surface area contributed by atoms with Crippen LogP contribution < -0.4 is 0 Å². The Morgan fingerprint density at radius 1 is 1.14 bits per heavy atom.